The topological polar surface area (TPSA) is 41.9 Å². The van der Waals surface area contributed by atoms with Crippen LogP contribution in [0.15, 0.2) is 43.0 Å². The van der Waals surface area contributed by atoms with Crippen molar-refractivity contribution in [3.8, 4) is 5.69 Å². The molecule has 1 aromatic carbocycles. The molecule has 0 bridgehead atoms. The molecule has 1 saturated heterocycles. The number of aromatic nitrogens is 2. The number of nitrogens with zero attached hydrogens (tertiary/aromatic N) is 2. The van der Waals surface area contributed by atoms with E-state index in [1.165, 1.54) is 12.8 Å². The van der Waals surface area contributed by atoms with E-state index in [2.05, 4.69) is 39.9 Å². The fraction of sp³-hybridized carbons (Fsp3) is 0.357. The van der Waals surface area contributed by atoms with Gasteiger partial charge in [-0.15, -0.1) is 0 Å². The van der Waals surface area contributed by atoms with Crippen LogP contribution in [0.1, 0.15) is 12.8 Å². The Hall–Kier alpha value is -1.81. The number of imidazole rings is 1. The molecule has 0 radical (unpaired) electrons. The van der Waals surface area contributed by atoms with Crippen molar-refractivity contribution < 1.29 is 0 Å². The summed E-state index contributed by atoms with van der Waals surface area (Å²) in [6.07, 6.45) is 8.13. The van der Waals surface area contributed by atoms with Crippen molar-refractivity contribution in [2.45, 2.75) is 18.9 Å². The molecular formula is C14H18N4. The van der Waals surface area contributed by atoms with Crippen LogP contribution in [-0.4, -0.2) is 28.7 Å². The molecule has 3 rings (SSSR count). The maximum atomic E-state index is 4.07. The van der Waals surface area contributed by atoms with E-state index in [1.54, 1.807) is 6.20 Å². The van der Waals surface area contributed by atoms with E-state index in [0.29, 0.717) is 6.04 Å². The highest BCUT2D eigenvalue weighted by Crippen LogP contribution is 2.15. The average molecular weight is 242 g/mol. The summed E-state index contributed by atoms with van der Waals surface area (Å²) in [5, 5.41) is 6.98. The van der Waals surface area contributed by atoms with Crippen LogP contribution in [0.5, 0.6) is 0 Å². The molecule has 4 nitrogen and oxygen atoms in total. The molecule has 2 N–H and O–H groups in total. The van der Waals surface area contributed by atoms with Crippen molar-refractivity contribution in [3.63, 3.8) is 0 Å². The Kier molecular flexibility index (Phi) is 3.28. The second kappa shape index (κ2) is 5.23. The molecule has 1 aliphatic rings. The van der Waals surface area contributed by atoms with Gasteiger partial charge in [0, 0.05) is 36.4 Å². The number of hydrogen-bond donors (Lipinski definition) is 2. The second-order valence-corrected chi connectivity index (χ2v) is 4.69. The maximum Gasteiger partial charge on any atom is 0.0991 e. The second-order valence-electron chi connectivity index (χ2n) is 4.69. The molecule has 0 saturated carbocycles. The molecule has 2 aromatic rings. The van der Waals surface area contributed by atoms with Crippen LogP contribution in [0.25, 0.3) is 5.69 Å². The Bertz CT molecular complexity index is 486. The summed E-state index contributed by atoms with van der Waals surface area (Å²) < 4.78 is 2.01. The molecule has 1 aliphatic heterocycles. The van der Waals surface area contributed by atoms with E-state index in [-0.39, 0.29) is 0 Å². The van der Waals surface area contributed by atoms with Gasteiger partial charge in [0.05, 0.1) is 6.33 Å². The van der Waals surface area contributed by atoms with Crippen molar-refractivity contribution in [2.75, 3.05) is 18.4 Å². The third kappa shape index (κ3) is 2.54. The van der Waals surface area contributed by atoms with Gasteiger partial charge in [-0.25, -0.2) is 4.98 Å². The Balaban J connectivity index is 1.67. The van der Waals surface area contributed by atoms with Crippen molar-refractivity contribution in [2.24, 2.45) is 0 Å². The predicted octanol–water partition coefficient (Wildman–Crippen LogP) is 2.04. The summed E-state index contributed by atoms with van der Waals surface area (Å²) in [7, 11) is 0. The van der Waals surface area contributed by atoms with Crippen LogP contribution in [-0.2, 0) is 0 Å². The number of rotatable bonds is 4. The molecule has 0 spiro atoms. The standard InChI is InChI=1S/C14H18N4/c1-3-12(17-10-13-4-2-6-16-13)9-14(5-1)18-8-7-15-11-18/h1,3,5,7-9,11,13,16-17H,2,4,6,10H2. The summed E-state index contributed by atoms with van der Waals surface area (Å²) in [6.45, 7) is 2.15. The molecule has 1 fully saturated rings. The molecule has 4 heteroatoms. The molecule has 2 heterocycles. The van der Waals surface area contributed by atoms with Crippen molar-refractivity contribution in [1.82, 2.24) is 14.9 Å². The van der Waals surface area contributed by atoms with Crippen LogP contribution in [0.3, 0.4) is 0 Å². The van der Waals surface area contributed by atoms with Crippen molar-refractivity contribution in [1.29, 1.82) is 0 Å². The lowest BCUT2D eigenvalue weighted by molar-refractivity contribution is 0.633. The van der Waals surface area contributed by atoms with Gasteiger partial charge in [-0.05, 0) is 37.6 Å². The van der Waals surface area contributed by atoms with Crippen molar-refractivity contribution in [3.05, 3.63) is 43.0 Å². The molecular weight excluding hydrogens is 224 g/mol. The van der Waals surface area contributed by atoms with E-state index in [4.69, 9.17) is 0 Å². The lowest BCUT2D eigenvalue weighted by atomic mass is 10.2. The van der Waals surface area contributed by atoms with E-state index in [0.717, 1.165) is 24.5 Å². The Morgan fingerprint density at radius 2 is 2.44 bits per heavy atom. The van der Waals surface area contributed by atoms with Crippen LogP contribution in [0.4, 0.5) is 5.69 Å². The first-order valence-corrected chi connectivity index (χ1v) is 6.47. The summed E-state index contributed by atoms with van der Waals surface area (Å²) in [5.74, 6) is 0. The summed E-state index contributed by atoms with van der Waals surface area (Å²) in [6, 6.07) is 9.02. The first-order chi connectivity index (χ1) is 8.92. The Morgan fingerprint density at radius 3 is 3.22 bits per heavy atom. The predicted molar refractivity (Wildman–Crippen MR) is 73.1 cm³/mol. The van der Waals surface area contributed by atoms with E-state index in [1.807, 2.05) is 17.1 Å². The highest BCUT2D eigenvalue weighted by molar-refractivity contribution is 5.51. The van der Waals surface area contributed by atoms with Crippen LogP contribution >= 0.6 is 0 Å². The van der Waals surface area contributed by atoms with E-state index in [9.17, 15) is 0 Å². The lowest BCUT2D eigenvalue weighted by Gasteiger charge is -2.13. The van der Waals surface area contributed by atoms with Gasteiger partial charge in [-0.3, -0.25) is 0 Å². The number of nitrogens with one attached hydrogen (secondary N) is 2. The molecule has 0 aliphatic carbocycles. The first kappa shape index (κ1) is 11.3. The fourth-order valence-corrected chi connectivity index (χ4v) is 2.36. The summed E-state index contributed by atoms with van der Waals surface area (Å²) in [5.41, 5.74) is 2.30. The third-order valence-corrected chi connectivity index (χ3v) is 3.36. The lowest BCUT2D eigenvalue weighted by Crippen LogP contribution is -2.29. The van der Waals surface area contributed by atoms with Gasteiger partial charge in [0.1, 0.15) is 0 Å². The van der Waals surface area contributed by atoms with E-state index < -0.39 is 0 Å². The zero-order valence-corrected chi connectivity index (χ0v) is 10.3. The van der Waals surface area contributed by atoms with Gasteiger partial charge in [0.25, 0.3) is 0 Å². The van der Waals surface area contributed by atoms with Crippen LogP contribution in [0, 0.1) is 0 Å². The maximum absolute atomic E-state index is 4.07. The van der Waals surface area contributed by atoms with Gasteiger partial charge < -0.3 is 15.2 Å². The average Bonchev–Trinajstić information content (AvgIpc) is 3.10. The van der Waals surface area contributed by atoms with Gasteiger partial charge >= 0.3 is 0 Å². The monoisotopic (exact) mass is 242 g/mol. The molecule has 1 atom stereocenters. The molecule has 1 aromatic heterocycles. The van der Waals surface area contributed by atoms with Crippen LogP contribution in [0.2, 0.25) is 0 Å². The highest BCUT2D eigenvalue weighted by Gasteiger charge is 2.13. The first-order valence-electron chi connectivity index (χ1n) is 6.47. The fourth-order valence-electron chi connectivity index (χ4n) is 2.36. The Morgan fingerprint density at radius 1 is 1.44 bits per heavy atom. The molecule has 1 unspecified atom stereocenters. The Labute approximate surface area is 107 Å². The van der Waals surface area contributed by atoms with Gasteiger partial charge in [0.2, 0.25) is 0 Å². The third-order valence-electron chi connectivity index (χ3n) is 3.36. The normalized spacial score (nSPS) is 19.0. The largest absolute Gasteiger partial charge is 0.383 e. The van der Waals surface area contributed by atoms with Gasteiger partial charge in [-0.2, -0.15) is 0 Å². The van der Waals surface area contributed by atoms with E-state index >= 15 is 0 Å². The highest BCUT2D eigenvalue weighted by atomic mass is 15.0. The summed E-state index contributed by atoms with van der Waals surface area (Å²) in [4.78, 5) is 4.07. The van der Waals surface area contributed by atoms with Gasteiger partial charge in [-0.1, -0.05) is 6.07 Å². The quantitative estimate of drug-likeness (QED) is 0.862. The SMILES string of the molecule is c1cc(NCC2CCCN2)cc(-n2ccnc2)c1. The van der Waals surface area contributed by atoms with Crippen LogP contribution < -0.4 is 10.6 Å². The summed E-state index contributed by atoms with van der Waals surface area (Å²) >= 11 is 0. The minimum Gasteiger partial charge on any atom is -0.383 e. The van der Waals surface area contributed by atoms with Gasteiger partial charge in [0.15, 0.2) is 0 Å². The zero-order valence-electron chi connectivity index (χ0n) is 10.3. The number of hydrogen-bond acceptors (Lipinski definition) is 3. The minimum atomic E-state index is 0.613. The minimum absolute atomic E-state index is 0.613. The number of benzene rings is 1. The van der Waals surface area contributed by atoms with Crippen molar-refractivity contribution >= 4 is 5.69 Å². The zero-order chi connectivity index (χ0) is 12.2. The molecule has 0 amide bonds. The molecule has 94 valence electrons. The smallest absolute Gasteiger partial charge is 0.0991 e. The molecule has 18 heavy (non-hydrogen) atoms. The number of anilines is 1.